The molecular formula is C15H23NO. The SMILES string of the molecule is CC.COc1ccc(C)c2c1C(C)=CCCN2. The van der Waals surface area contributed by atoms with Gasteiger partial charge in [-0.3, -0.25) is 0 Å². The maximum Gasteiger partial charge on any atom is 0.128 e. The summed E-state index contributed by atoms with van der Waals surface area (Å²) in [4.78, 5) is 0. The van der Waals surface area contributed by atoms with Gasteiger partial charge in [0.1, 0.15) is 5.75 Å². The summed E-state index contributed by atoms with van der Waals surface area (Å²) in [5, 5.41) is 3.47. The molecule has 0 saturated carbocycles. The number of allylic oxidation sites excluding steroid dienone is 1. The first-order valence-corrected chi connectivity index (χ1v) is 6.32. The number of aryl methyl sites for hydroxylation is 1. The van der Waals surface area contributed by atoms with Crippen molar-refractivity contribution >= 4 is 11.3 Å². The highest BCUT2D eigenvalue weighted by atomic mass is 16.5. The van der Waals surface area contributed by atoms with Gasteiger partial charge in [-0.1, -0.05) is 26.0 Å². The molecule has 0 radical (unpaired) electrons. The number of benzene rings is 1. The number of rotatable bonds is 1. The first kappa shape index (κ1) is 13.6. The van der Waals surface area contributed by atoms with Crippen molar-refractivity contribution in [3.8, 4) is 5.75 Å². The summed E-state index contributed by atoms with van der Waals surface area (Å²) in [6, 6.07) is 4.14. The smallest absolute Gasteiger partial charge is 0.128 e. The van der Waals surface area contributed by atoms with Crippen molar-refractivity contribution in [2.75, 3.05) is 19.0 Å². The van der Waals surface area contributed by atoms with Crippen LogP contribution in [0.15, 0.2) is 18.2 Å². The van der Waals surface area contributed by atoms with E-state index in [-0.39, 0.29) is 0 Å². The van der Waals surface area contributed by atoms with Crippen molar-refractivity contribution in [3.05, 3.63) is 29.3 Å². The van der Waals surface area contributed by atoms with E-state index in [9.17, 15) is 0 Å². The van der Waals surface area contributed by atoms with E-state index in [4.69, 9.17) is 4.74 Å². The third-order valence-corrected chi connectivity index (χ3v) is 2.89. The Hall–Kier alpha value is -1.44. The Morgan fingerprint density at radius 3 is 2.53 bits per heavy atom. The molecule has 0 spiro atoms. The second-order valence-electron chi connectivity index (χ2n) is 3.94. The van der Waals surface area contributed by atoms with E-state index in [1.165, 1.54) is 22.4 Å². The van der Waals surface area contributed by atoms with Crippen LogP contribution in [0.4, 0.5) is 5.69 Å². The van der Waals surface area contributed by atoms with Crippen molar-refractivity contribution < 1.29 is 4.74 Å². The van der Waals surface area contributed by atoms with Crippen LogP contribution in [0.25, 0.3) is 5.57 Å². The van der Waals surface area contributed by atoms with E-state index in [1.807, 2.05) is 19.9 Å². The molecule has 2 nitrogen and oxygen atoms in total. The normalized spacial score (nSPS) is 13.4. The minimum atomic E-state index is 0.957. The van der Waals surface area contributed by atoms with Gasteiger partial charge < -0.3 is 10.1 Å². The standard InChI is InChI=1S/C13H17NO.C2H6/c1-9-5-4-8-14-13-10(2)6-7-11(15-3)12(9)13;1-2/h5-7,14H,4,8H2,1-3H3;1-2H3. The zero-order valence-electron chi connectivity index (χ0n) is 11.6. The number of ether oxygens (including phenoxy) is 1. The quantitative estimate of drug-likeness (QED) is 0.783. The molecule has 0 aliphatic carbocycles. The molecule has 0 amide bonds. The molecular weight excluding hydrogens is 210 g/mol. The molecule has 0 saturated heterocycles. The zero-order valence-corrected chi connectivity index (χ0v) is 11.6. The second kappa shape index (κ2) is 6.33. The molecule has 0 fully saturated rings. The average Bonchev–Trinajstić information content (AvgIpc) is 2.56. The second-order valence-corrected chi connectivity index (χ2v) is 3.94. The van der Waals surface area contributed by atoms with Gasteiger partial charge in [0, 0.05) is 17.8 Å². The molecule has 0 bridgehead atoms. The van der Waals surface area contributed by atoms with Crippen LogP contribution in [0, 0.1) is 6.92 Å². The Morgan fingerprint density at radius 2 is 1.88 bits per heavy atom. The molecule has 2 heteroatoms. The summed E-state index contributed by atoms with van der Waals surface area (Å²) in [5.41, 5.74) is 5.02. The molecule has 0 unspecified atom stereocenters. The van der Waals surface area contributed by atoms with Crippen LogP contribution in [-0.2, 0) is 0 Å². The lowest BCUT2D eigenvalue weighted by Gasteiger charge is -2.15. The predicted molar refractivity (Wildman–Crippen MR) is 75.8 cm³/mol. The summed E-state index contributed by atoms with van der Waals surface area (Å²) in [6.45, 7) is 9.27. The molecule has 1 aliphatic rings. The fourth-order valence-corrected chi connectivity index (χ4v) is 2.07. The summed E-state index contributed by atoms with van der Waals surface area (Å²) in [5.74, 6) is 0.957. The zero-order chi connectivity index (χ0) is 12.8. The largest absolute Gasteiger partial charge is 0.496 e. The van der Waals surface area contributed by atoms with Crippen molar-refractivity contribution in [1.29, 1.82) is 0 Å². The number of hydrogen-bond acceptors (Lipinski definition) is 2. The Kier molecular flexibility index (Phi) is 5.08. The Morgan fingerprint density at radius 1 is 1.18 bits per heavy atom. The highest BCUT2D eigenvalue weighted by Crippen LogP contribution is 2.36. The minimum Gasteiger partial charge on any atom is -0.496 e. The van der Waals surface area contributed by atoms with Gasteiger partial charge in [-0.15, -0.1) is 0 Å². The van der Waals surface area contributed by atoms with Gasteiger partial charge in [-0.2, -0.15) is 0 Å². The van der Waals surface area contributed by atoms with Gasteiger partial charge in [-0.05, 0) is 37.5 Å². The number of fused-ring (bicyclic) bond motifs is 1. The van der Waals surface area contributed by atoms with E-state index in [0.29, 0.717) is 0 Å². The molecule has 1 heterocycles. The van der Waals surface area contributed by atoms with E-state index >= 15 is 0 Å². The molecule has 0 atom stereocenters. The van der Waals surface area contributed by atoms with Crippen LogP contribution in [0.5, 0.6) is 5.75 Å². The maximum absolute atomic E-state index is 5.41. The molecule has 1 N–H and O–H groups in total. The molecule has 1 aromatic carbocycles. The number of hydrogen-bond donors (Lipinski definition) is 1. The lowest BCUT2D eigenvalue weighted by Crippen LogP contribution is -2.03. The van der Waals surface area contributed by atoms with Crippen LogP contribution in [0.2, 0.25) is 0 Å². The Bertz CT molecular complexity index is 408. The van der Waals surface area contributed by atoms with Crippen LogP contribution in [-0.4, -0.2) is 13.7 Å². The topological polar surface area (TPSA) is 21.3 Å². The van der Waals surface area contributed by atoms with E-state index in [2.05, 4.69) is 31.3 Å². The Balaban J connectivity index is 0.000000686. The lowest BCUT2D eigenvalue weighted by atomic mass is 10.0. The molecule has 1 aromatic rings. The predicted octanol–water partition coefficient (Wildman–Crippen LogP) is 4.25. The van der Waals surface area contributed by atoms with Crippen LogP contribution >= 0.6 is 0 Å². The van der Waals surface area contributed by atoms with Crippen molar-refractivity contribution in [2.24, 2.45) is 0 Å². The highest BCUT2D eigenvalue weighted by Gasteiger charge is 2.14. The van der Waals surface area contributed by atoms with Gasteiger partial charge in [0.2, 0.25) is 0 Å². The molecule has 2 rings (SSSR count). The molecule has 0 aromatic heterocycles. The first-order chi connectivity index (χ1) is 8.24. The molecule has 94 valence electrons. The third-order valence-electron chi connectivity index (χ3n) is 2.89. The third kappa shape index (κ3) is 2.82. The van der Waals surface area contributed by atoms with Crippen LogP contribution < -0.4 is 10.1 Å². The average molecular weight is 233 g/mol. The fraction of sp³-hybridized carbons (Fsp3) is 0.467. The van der Waals surface area contributed by atoms with Crippen LogP contribution in [0.1, 0.15) is 38.3 Å². The molecule has 17 heavy (non-hydrogen) atoms. The number of nitrogens with one attached hydrogen (secondary N) is 1. The Labute approximate surface area is 105 Å². The molecule has 1 aliphatic heterocycles. The van der Waals surface area contributed by atoms with Crippen LogP contribution in [0.3, 0.4) is 0 Å². The van der Waals surface area contributed by atoms with Gasteiger partial charge in [0.25, 0.3) is 0 Å². The lowest BCUT2D eigenvalue weighted by molar-refractivity contribution is 0.413. The van der Waals surface area contributed by atoms with Gasteiger partial charge in [-0.25, -0.2) is 0 Å². The van der Waals surface area contributed by atoms with Crippen molar-refractivity contribution in [2.45, 2.75) is 34.1 Å². The minimum absolute atomic E-state index is 0.957. The summed E-state index contributed by atoms with van der Waals surface area (Å²) >= 11 is 0. The monoisotopic (exact) mass is 233 g/mol. The van der Waals surface area contributed by atoms with Gasteiger partial charge in [0.15, 0.2) is 0 Å². The number of methoxy groups -OCH3 is 1. The summed E-state index contributed by atoms with van der Waals surface area (Å²) in [7, 11) is 1.73. The summed E-state index contributed by atoms with van der Waals surface area (Å²) < 4.78 is 5.41. The van der Waals surface area contributed by atoms with Gasteiger partial charge in [0.05, 0.1) is 7.11 Å². The van der Waals surface area contributed by atoms with E-state index < -0.39 is 0 Å². The fourth-order valence-electron chi connectivity index (χ4n) is 2.07. The number of anilines is 1. The van der Waals surface area contributed by atoms with E-state index in [1.54, 1.807) is 7.11 Å². The highest BCUT2D eigenvalue weighted by molar-refractivity contribution is 5.82. The van der Waals surface area contributed by atoms with Crippen molar-refractivity contribution in [1.82, 2.24) is 0 Å². The first-order valence-electron chi connectivity index (χ1n) is 6.32. The van der Waals surface area contributed by atoms with E-state index in [0.717, 1.165) is 18.7 Å². The maximum atomic E-state index is 5.41. The van der Waals surface area contributed by atoms with Crippen molar-refractivity contribution in [3.63, 3.8) is 0 Å². The summed E-state index contributed by atoms with van der Waals surface area (Å²) in [6.07, 6.45) is 3.34. The van der Waals surface area contributed by atoms with Gasteiger partial charge >= 0.3 is 0 Å².